The van der Waals surface area contributed by atoms with Crippen LogP contribution in [0.2, 0.25) is 0 Å². The van der Waals surface area contributed by atoms with Crippen molar-refractivity contribution in [2.45, 2.75) is 31.8 Å². The molecule has 0 aliphatic heterocycles. The van der Waals surface area contributed by atoms with Gasteiger partial charge in [-0.3, -0.25) is 9.69 Å². The maximum Gasteiger partial charge on any atom is 0.234 e. The van der Waals surface area contributed by atoms with Crippen LogP contribution in [0.15, 0.2) is 48.5 Å². The van der Waals surface area contributed by atoms with E-state index < -0.39 is 0 Å². The van der Waals surface area contributed by atoms with Crippen LogP contribution in [0, 0.1) is 5.82 Å². The molecule has 1 atom stereocenters. The molecule has 2 aromatic rings. The van der Waals surface area contributed by atoms with Gasteiger partial charge in [0.05, 0.1) is 12.6 Å². The Bertz CT molecular complexity index is 699. The zero-order valence-corrected chi connectivity index (χ0v) is 14.0. The Hall–Kier alpha value is -2.20. The van der Waals surface area contributed by atoms with Gasteiger partial charge in [0.2, 0.25) is 5.91 Å². The van der Waals surface area contributed by atoms with Gasteiger partial charge in [-0.15, -0.1) is 0 Å². The predicted octanol–water partition coefficient (Wildman–Crippen LogP) is 3.45. The topological polar surface area (TPSA) is 32.3 Å². The van der Waals surface area contributed by atoms with E-state index in [1.807, 2.05) is 18.0 Å². The minimum Gasteiger partial charge on any atom is -0.348 e. The van der Waals surface area contributed by atoms with E-state index in [9.17, 15) is 9.18 Å². The molecule has 3 rings (SSSR count). The highest BCUT2D eigenvalue weighted by atomic mass is 19.1. The normalized spacial score (nSPS) is 16.7. The van der Waals surface area contributed by atoms with Crippen LogP contribution in [-0.4, -0.2) is 24.4 Å². The average molecular weight is 326 g/mol. The number of nitrogens with one attached hydrogen (secondary N) is 1. The molecular formula is C20H23FN2O. The highest BCUT2D eigenvalue weighted by molar-refractivity contribution is 5.78. The van der Waals surface area contributed by atoms with Gasteiger partial charge in [-0.2, -0.15) is 0 Å². The Morgan fingerprint density at radius 3 is 2.75 bits per heavy atom. The van der Waals surface area contributed by atoms with Crippen molar-refractivity contribution in [1.82, 2.24) is 10.2 Å². The second-order valence-electron chi connectivity index (χ2n) is 6.51. The molecule has 1 N–H and O–H groups in total. The fourth-order valence-electron chi connectivity index (χ4n) is 3.35. The Kier molecular flexibility index (Phi) is 5.26. The highest BCUT2D eigenvalue weighted by Gasteiger charge is 2.21. The second kappa shape index (κ2) is 7.58. The maximum atomic E-state index is 12.9. The molecule has 0 radical (unpaired) electrons. The summed E-state index contributed by atoms with van der Waals surface area (Å²) in [5, 5.41) is 3.16. The fraction of sp³-hybridized carbons (Fsp3) is 0.350. The number of rotatable bonds is 5. The molecule has 0 bridgehead atoms. The first-order chi connectivity index (χ1) is 11.6. The van der Waals surface area contributed by atoms with Crippen LogP contribution in [0.3, 0.4) is 0 Å². The minimum atomic E-state index is -0.241. The molecule has 1 aliphatic carbocycles. The standard InChI is InChI=1S/C20H23FN2O/c1-23(13-15-9-11-17(21)12-10-15)14-20(24)22-19-8-4-6-16-5-2-3-7-18(16)19/h2-3,5,7,9-12,19H,4,6,8,13-14H2,1H3,(H,22,24)/t19-/m0/s1. The smallest absolute Gasteiger partial charge is 0.234 e. The third-order valence-corrected chi connectivity index (χ3v) is 4.48. The zero-order chi connectivity index (χ0) is 16.9. The van der Waals surface area contributed by atoms with Crippen LogP contribution >= 0.6 is 0 Å². The molecule has 1 aliphatic rings. The van der Waals surface area contributed by atoms with E-state index in [0.717, 1.165) is 24.8 Å². The van der Waals surface area contributed by atoms with Gasteiger partial charge in [0.15, 0.2) is 0 Å². The number of carbonyl (C=O) groups is 1. The maximum absolute atomic E-state index is 12.9. The molecule has 2 aromatic carbocycles. The zero-order valence-electron chi connectivity index (χ0n) is 14.0. The molecule has 4 heteroatoms. The number of nitrogens with zero attached hydrogens (tertiary/aromatic N) is 1. The van der Waals surface area contributed by atoms with E-state index in [1.165, 1.54) is 23.3 Å². The van der Waals surface area contributed by atoms with Crippen molar-refractivity contribution < 1.29 is 9.18 Å². The molecule has 24 heavy (non-hydrogen) atoms. The Balaban J connectivity index is 1.55. The summed E-state index contributed by atoms with van der Waals surface area (Å²) >= 11 is 0. The van der Waals surface area contributed by atoms with Crippen LogP contribution in [0.4, 0.5) is 4.39 Å². The Morgan fingerprint density at radius 1 is 1.21 bits per heavy atom. The molecule has 0 fully saturated rings. The summed E-state index contributed by atoms with van der Waals surface area (Å²) < 4.78 is 12.9. The number of amides is 1. The lowest BCUT2D eigenvalue weighted by Gasteiger charge is -2.27. The summed E-state index contributed by atoms with van der Waals surface area (Å²) in [4.78, 5) is 14.3. The van der Waals surface area contributed by atoms with E-state index in [0.29, 0.717) is 13.1 Å². The lowest BCUT2D eigenvalue weighted by Crippen LogP contribution is -2.38. The number of carbonyl (C=O) groups excluding carboxylic acids is 1. The molecule has 126 valence electrons. The molecular weight excluding hydrogens is 303 g/mol. The van der Waals surface area contributed by atoms with Crippen LogP contribution in [0.25, 0.3) is 0 Å². The van der Waals surface area contributed by atoms with Crippen molar-refractivity contribution in [2.75, 3.05) is 13.6 Å². The summed E-state index contributed by atoms with van der Waals surface area (Å²) in [5.74, 6) is -0.212. The molecule has 0 spiro atoms. The van der Waals surface area contributed by atoms with Gasteiger partial charge in [0.25, 0.3) is 0 Å². The van der Waals surface area contributed by atoms with Crippen molar-refractivity contribution in [3.63, 3.8) is 0 Å². The lowest BCUT2D eigenvalue weighted by molar-refractivity contribution is -0.122. The summed E-state index contributed by atoms with van der Waals surface area (Å²) in [7, 11) is 1.90. The molecule has 0 aromatic heterocycles. The van der Waals surface area contributed by atoms with Gasteiger partial charge >= 0.3 is 0 Å². The van der Waals surface area contributed by atoms with Crippen LogP contribution in [0.5, 0.6) is 0 Å². The molecule has 1 amide bonds. The number of hydrogen-bond donors (Lipinski definition) is 1. The highest BCUT2D eigenvalue weighted by Crippen LogP contribution is 2.29. The van der Waals surface area contributed by atoms with Gasteiger partial charge in [-0.25, -0.2) is 4.39 Å². The molecule has 0 heterocycles. The third kappa shape index (κ3) is 4.20. The van der Waals surface area contributed by atoms with E-state index in [1.54, 1.807) is 12.1 Å². The quantitative estimate of drug-likeness (QED) is 0.913. The van der Waals surface area contributed by atoms with Gasteiger partial charge < -0.3 is 5.32 Å². The van der Waals surface area contributed by atoms with E-state index >= 15 is 0 Å². The minimum absolute atomic E-state index is 0.0290. The Labute approximate surface area is 142 Å². The molecule has 3 nitrogen and oxygen atoms in total. The second-order valence-corrected chi connectivity index (χ2v) is 6.51. The van der Waals surface area contributed by atoms with Crippen LogP contribution < -0.4 is 5.32 Å². The van der Waals surface area contributed by atoms with Gasteiger partial charge in [0.1, 0.15) is 5.82 Å². The first-order valence-electron chi connectivity index (χ1n) is 8.42. The Morgan fingerprint density at radius 2 is 1.96 bits per heavy atom. The first kappa shape index (κ1) is 16.7. The van der Waals surface area contributed by atoms with Gasteiger partial charge in [-0.1, -0.05) is 36.4 Å². The van der Waals surface area contributed by atoms with Crippen molar-refractivity contribution in [1.29, 1.82) is 0 Å². The number of halogens is 1. The van der Waals surface area contributed by atoms with Crippen LogP contribution in [0.1, 0.15) is 35.6 Å². The number of hydrogen-bond acceptors (Lipinski definition) is 2. The number of fused-ring (bicyclic) bond motifs is 1. The average Bonchev–Trinajstić information content (AvgIpc) is 2.57. The monoisotopic (exact) mass is 326 g/mol. The van der Waals surface area contributed by atoms with Gasteiger partial charge in [-0.05, 0) is 55.1 Å². The first-order valence-corrected chi connectivity index (χ1v) is 8.42. The number of aryl methyl sites for hydroxylation is 1. The summed E-state index contributed by atoms with van der Waals surface area (Å²) in [5.41, 5.74) is 3.58. The fourth-order valence-corrected chi connectivity index (χ4v) is 3.35. The molecule has 0 saturated carbocycles. The summed E-state index contributed by atoms with van der Waals surface area (Å²) in [6.45, 7) is 0.949. The van der Waals surface area contributed by atoms with Crippen molar-refractivity contribution in [3.8, 4) is 0 Å². The number of benzene rings is 2. The summed E-state index contributed by atoms with van der Waals surface area (Å²) in [6, 6.07) is 14.9. The molecule has 0 unspecified atom stereocenters. The van der Waals surface area contributed by atoms with E-state index in [2.05, 4.69) is 23.5 Å². The van der Waals surface area contributed by atoms with Crippen molar-refractivity contribution in [3.05, 3.63) is 71.0 Å². The molecule has 0 saturated heterocycles. The van der Waals surface area contributed by atoms with Crippen molar-refractivity contribution in [2.24, 2.45) is 0 Å². The van der Waals surface area contributed by atoms with Gasteiger partial charge in [0, 0.05) is 6.54 Å². The predicted molar refractivity (Wildman–Crippen MR) is 93.0 cm³/mol. The van der Waals surface area contributed by atoms with E-state index in [-0.39, 0.29) is 17.8 Å². The largest absolute Gasteiger partial charge is 0.348 e. The SMILES string of the molecule is CN(CC(=O)N[C@H]1CCCc2ccccc21)Cc1ccc(F)cc1. The van der Waals surface area contributed by atoms with Crippen molar-refractivity contribution >= 4 is 5.91 Å². The van der Waals surface area contributed by atoms with Crippen LogP contribution in [-0.2, 0) is 17.8 Å². The lowest BCUT2D eigenvalue weighted by atomic mass is 9.88. The number of likely N-dealkylation sites (N-methyl/N-ethyl adjacent to an activating group) is 1. The third-order valence-electron chi connectivity index (χ3n) is 4.48. The summed E-state index contributed by atoms with van der Waals surface area (Å²) in [6.07, 6.45) is 3.19. The van der Waals surface area contributed by atoms with E-state index in [4.69, 9.17) is 0 Å².